The van der Waals surface area contributed by atoms with Gasteiger partial charge in [0.1, 0.15) is 51.0 Å². The van der Waals surface area contributed by atoms with Crippen LogP contribution in [0.15, 0.2) is 38.0 Å². The fourth-order valence-corrected chi connectivity index (χ4v) is 3.85. The summed E-state index contributed by atoms with van der Waals surface area (Å²) in [7, 11) is 0. The third-order valence-corrected chi connectivity index (χ3v) is 5.52. The van der Waals surface area contributed by atoms with Gasteiger partial charge in [-0.1, -0.05) is 13.0 Å². The van der Waals surface area contributed by atoms with Crippen LogP contribution in [0.1, 0.15) is 31.2 Å². The molecule has 1 aromatic heterocycles. The lowest BCUT2D eigenvalue weighted by Crippen LogP contribution is -2.50. The fourth-order valence-electron chi connectivity index (χ4n) is 3.85. The molecule has 0 radical (unpaired) electrons. The van der Waals surface area contributed by atoms with Crippen molar-refractivity contribution in [3.05, 3.63) is 55.7 Å². The van der Waals surface area contributed by atoms with E-state index in [9.17, 15) is 26.3 Å². The number of nitriles is 5. The maximum atomic E-state index is 9.77. The molecule has 3 heterocycles. The van der Waals surface area contributed by atoms with Crippen LogP contribution in [0.2, 0.25) is 0 Å². The van der Waals surface area contributed by atoms with Crippen LogP contribution in [-0.2, 0) is 0 Å². The van der Waals surface area contributed by atoms with Gasteiger partial charge in [0.2, 0.25) is 0 Å². The molecular formula is C24H14N10. The van der Waals surface area contributed by atoms with E-state index < -0.39 is 6.04 Å². The Balaban J connectivity index is 2.39. The first kappa shape index (κ1) is 22.0. The molecule has 2 atom stereocenters. The van der Waals surface area contributed by atoms with Crippen LogP contribution < -0.4 is 21.3 Å². The summed E-state index contributed by atoms with van der Waals surface area (Å²) in [5.41, 5.74) is 1.42. The van der Waals surface area contributed by atoms with Gasteiger partial charge in [-0.05, 0) is 25.3 Å². The molecule has 10 nitrogen and oxygen atoms in total. The molecule has 4 rings (SSSR count). The van der Waals surface area contributed by atoms with Gasteiger partial charge in [0.05, 0.1) is 35.9 Å². The zero-order valence-electron chi connectivity index (χ0n) is 18.2. The maximum absolute atomic E-state index is 9.77. The average Bonchev–Trinajstić information content (AvgIpc) is 3.01. The number of nitrogens with zero attached hydrogens (tertiary/aromatic N) is 10. The van der Waals surface area contributed by atoms with Crippen molar-refractivity contribution in [1.82, 2.24) is 9.97 Å². The van der Waals surface area contributed by atoms with Crippen molar-refractivity contribution in [2.75, 3.05) is 0 Å². The molecule has 0 spiro atoms. The quantitative estimate of drug-likeness (QED) is 0.615. The molecule has 0 saturated carbocycles. The van der Waals surface area contributed by atoms with E-state index in [1.165, 1.54) is 6.08 Å². The van der Waals surface area contributed by atoms with Crippen molar-refractivity contribution in [3.63, 3.8) is 0 Å². The number of hydrogen-bond acceptors (Lipinski definition) is 10. The van der Waals surface area contributed by atoms with Gasteiger partial charge in [-0.25, -0.2) is 20.0 Å². The van der Waals surface area contributed by atoms with E-state index in [4.69, 9.17) is 0 Å². The third kappa shape index (κ3) is 3.55. The van der Waals surface area contributed by atoms with Gasteiger partial charge >= 0.3 is 0 Å². The van der Waals surface area contributed by atoms with Gasteiger partial charge in [0.15, 0.2) is 11.4 Å². The molecule has 0 saturated heterocycles. The van der Waals surface area contributed by atoms with Crippen LogP contribution in [-0.4, -0.2) is 16.0 Å². The predicted octanol–water partition coefficient (Wildman–Crippen LogP) is 0.494. The number of aryl methyl sites for hydroxylation is 1. The van der Waals surface area contributed by atoms with Crippen LogP contribution in [0.3, 0.4) is 0 Å². The van der Waals surface area contributed by atoms with Gasteiger partial charge in [-0.2, -0.15) is 26.3 Å². The third-order valence-electron chi connectivity index (χ3n) is 5.52. The smallest absolute Gasteiger partial charge is 0.162 e. The second-order valence-electron chi connectivity index (χ2n) is 7.70. The van der Waals surface area contributed by atoms with E-state index in [0.717, 1.165) is 0 Å². The highest BCUT2D eigenvalue weighted by Crippen LogP contribution is 2.20. The summed E-state index contributed by atoms with van der Waals surface area (Å²) in [6, 6.07) is 9.48. The Morgan fingerprint density at radius 3 is 2.35 bits per heavy atom. The van der Waals surface area contributed by atoms with Crippen molar-refractivity contribution in [3.8, 4) is 30.3 Å². The average molecular weight is 442 g/mol. The van der Waals surface area contributed by atoms with Gasteiger partial charge in [-0.3, -0.25) is 4.99 Å². The second-order valence-corrected chi connectivity index (χ2v) is 7.70. The van der Waals surface area contributed by atoms with Crippen molar-refractivity contribution in [2.45, 2.75) is 32.7 Å². The molecule has 0 amide bonds. The molecule has 0 N–H and O–H groups in total. The van der Waals surface area contributed by atoms with Crippen LogP contribution in [0.25, 0.3) is 17.1 Å². The minimum absolute atomic E-state index is 0.00409. The molecule has 0 bridgehead atoms. The number of benzene rings is 1. The lowest BCUT2D eigenvalue weighted by atomic mass is 9.95. The maximum Gasteiger partial charge on any atom is 0.162 e. The predicted molar refractivity (Wildman–Crippen MR) is 116 cm³/mol. The first-order valence-corrected chi connectivity index (χ1v) is 10.2. The summed E-state index contributed by atoms with van der Waals surface area (Å²) >= 11 is 0. The summed E-state index contributed by atoms with van der Waals surface area (Å²) < 4.78 is 0. The van der Waals surface area contributed by atoms with E-state index in [0.29, 0.717) is 28.4 Å². The van der Waals surface area contributed by atoms with E-state index >= 15 is 0 Å². The first-order valence-electron chi connectivity index (χ1n) is 10.2. The molecule has 0 aliphatic carbocycles. The van der Waals surface area contributed by atoms with Crippen molar-refractivity contribution < 1.29 is 0 Å². The highest BCUT2D eigenvalue weighted by molar-refractivity contribution is 5.76. The van der Waals surface area contributed by atoms with E-state index in [2.05, 4.69) is 31.0 Å². The van der Waals surface area contributed by atoms with Crippen molar-refractivity contribution in [2.24, 2.45) is 20.9 Å². The molecule has 160 valence electrons. The Morgan fingerprint density at radius 2 is 1.71 bits per heavy atom. The Morgan fingerprint density at radius 1 is 0.912 bits per heavy atom. The van der Waals surface area contributed by atoms with Crippen LogP contribution in [0.4, 0.5) is 0 Å². The molecule has 10 heteroatoms. The van der Waals surface area contributed by atoms with Gasteiger partial charge in [0, 0.05) is 5.22 Å². The summed E-state index contributed by atoms with van der Waals surface area (Å²) in [6.45, 7) is 3.47. The number of rotatable bonds is 1. The largest absolute Gasteiger partial charge is 0.272 e. The first-order chi connectivity index (χ1) is 16.4. The van der Waals surface area contributed by atoms with E-state index in [-0.39, 0.29) is 51.1 Å². The van der Waals surface area contributed by atoms with Crippen LogP contribution in [0.5, 0.6) is 0 Å². The Kier molecular flexibility index (Phi) is 5.63. The minimum atomic E-state index is -0.665. The summed E-state index contributed by atoms with van der Waals surface area (Å²) in [4.78, 5) is 22.7. The number of fused-ring (bicyclic) bond motifs is 6. The molecule has 0 fully saturated rings. The lowest BCUT2D eigenvalue weighted by molar-refractivity contribution is 0.723. The van der Waals surface area contributed by atoms with Crippen LogP contribution in [0, 0.1) is 69.5 Å². The molecule has 1 aromatic carbocycles. The Labute approximate surface area is 193 Å². The van der Waals surface area contributed by atoms with E-state index in [1.807, 2.05) is 37.3 Å². The summed E-state index contributed by atoms with van der Waals surface area (Å²) in [6.07, 6.45) is 3.72. The molecule has 2 aromatic rings. The zero-order valence-corrected chi connectivity index (χ0v) is 18.2. The molecule has 2 aliphatic rings. The Hall–Kier alpha value is -5.24. The number of allylic oxidation sites excluding steroid dienone is 3. The highest BCUT2D eigenvalue weighted by atomic mass is 14.9. The van der Waals surface area contributed by atoms with E-state index in [1.54, 1.807) is 6.92 Å². The van der Waals surface area contributed by atoms with Gasteiger partial charge < -0.3 is 0 Å². The normalized spacial score (nSPS) is 18.6. The second kappa shape index (κ2) is 8.71. The standard InChI is InChI=1S/C24H14N10/c1-12-3-4-16-20-22(30-13(2)18(10-28)33-20)24-23(21(16)34-19(11-29)17(12)9-27)32-15(8-26)7-14(31-24)5-6-25/h4,7,12,14H,3,5H2,1-2H3. The topological polar surface area (TPSA) is 182 Å². The monoisotopic (exact) mass is 442 g/mol. The van der Waals surface area contributed by atoms with Gasteiger partial charge in [0.25, 0.3) is 0 Å². The SMILES string of the molecule is Cc1nc2c3c(c4c(c2nc1C#N)=CCC(C)C(C#N)=C(C#N)N=4)=NC(C#N)=CC(CC#N)N=3. The summed E-state index contributed by atoms with van der Waals surface area (Å²) in [5, 5.41) is 49.0. The molecule has 2 unspecified atom stereocenters. The fraction of sp³-hybridized carbons (Fsp3) is 0.250. The minimum Gasteiger partial charge on any atom is -0.272 e. The van der Waals surface area contributed by atoms with Crippen molar-refractivity contribution >= 4 is 17.1 Å². The lowest BCUT2D eigenvalue weighted by Gasteiger charge is -2.11. The molecule has 34 heavy (non-hydrogen) atoms. The summed E-state index contributed by atoms with van der Waals surface area (Å²) in [5.74, 6) is -0.282. The number of hydrogen-bond donors (Lipinski definition) is 0. The van der Waals surface area contributed by atoms with Crippen LogP contribution >= 0.6 is 0 Å². The number of aromatic nitrogens is 2. The molecule has 2 aliphatic heterocycles. The zero-order chi connectivity index (χ0) is 24.4. The highest BCUT2D eigenvalue weighted by Gasteiger charge is 2.20. The Bertz CT molecular complexity index is 1790. The molecular weight excluding hydrogens is 428 g/mol. The van der Waals surface area contributed by atoms with Gasteiger partial charge in [-0.15, -0.1) is 0 Å². The van der Waals surface area contributed by atoms with Crippen molar-refractivity contribution in [1.29, 1.82) is 26.3 Å².